The SMILES string of the molecule is O=C(NC(CCCc1ccccc1)c1ccccc1)C1CC12CCNCC2. The summed E-state index contributed by atoms with van der Waals surface area (Å²) in [7, 11) is 0. The lowest BCUT2D eigenvalue weighted by Gasteiger charge is -2.24. The van der Waals surface area contributed by atoms with Crippen LogP contribution in [-0.2, 0) is 11.2 Å². The highest BCUT2D eigenvalue weighted by atomic mass is 16.2. The topological polar surface area (TPSA) is 41.1 Å². The molecular formula is C24H30N2O. The van der Waals surface area contributed by atoms with E-state index in [1.165, 1.54) is 11.1 Å². The summed E-state index contributed by atoms with van der Waals surface area (Å²) in [5.41, 5.74) is 2.88. The molecule has 2 fully saturated rings. The number of aryl methyl sites for hydroxylation is 1. The highest BCUT2D eigenvalue weighted by Gasteiger charge is 2.57. The normalized spacial score (nSPS) is 21.6. The van der Waals surface area contributed by atoms with Gasteiger partial charge in [-0.3, -0.25) is 4.79 Å². The summed E-state index contributed by atoms with van der Waals surface area (Å²) in [6, 6.07) is 21.2. The second kappa shape index (κ2) is 8.26. The molecule has 1 spiro atoms. The Kier molecular flexibility index (Phi) is 5.58. The minimum absolute atomic E-state index is 0.113. The van der Waals surface area contributed by atoms with Gasteiger partial charge in [-0.05, 0) is 68.2 Å². The molecule has 27 heavy (non-hydrogen) atoms. The van der Waals surface area contributed by atoms with Crippen molar-refractivity contribution in [1.82, 2.24) is 10.6 Å². The van der Waals surface area contributed by atoms with E-state index in [1.807, 2.05) is 6.07 Å². The Morgan fingerprint density at radius 3 is 2.41 bits per heavy atom. The highest BCUT2D eigenvalue weighted by molar-refractivity contribution is 5.83. The van der Waals surface area contributed by atoms with Crippen LogP contribution >= 0.6 is 0 Å². The molecule has 0 aromatic heterocycles. The van der Waals surface area contributed by atoms with Gasteiger partial charge in [-0.1, -0.05) is 60.7 Å². The maximum atomic E-state index is 13.0. The molecule has 1 saturated heterocycles. The fourth-order valence-electron chi connectivity index (χ4n) is 4.63. The lowest BCUT2D eigenvalue weighted by atomic mass is 9.91. The summed E-state index contributed by atoms with van der Waals surface area (Å²) < 4.78 is 0. The summed E-state index contributed by atoms with van der Waals surface area (Å²) in [5, 5.41) is 6.81. The van der Waals surface area contributed by atoms with Crippen LogP contribution < -0.4 is 10.6 Å². The van der Waals surface area contributed by atoms with E-state index in [9.17, 15) is 4.79 Å². The maximum absolute atomic E-state index is 13.0. The molecule has 3 heteroatoms. The summed E-state index contributed by atoms with van der Waals surface area (Å²) in [5.74, 6) is 0.491. The van der Waals surface area contributed by atoms with Crippen molar-refractivity contribution in [3.63, 3.8) is 0 Å². The molecule has 4 rings (SSSR count). The Balaban J connectivity index is 1.37. The number of carbonyl (C=O) groups excluding carboxylic acids is 1. The van der Waals surface area contributed by atoms with Gasteiger partial charge in [0.05, 0.1) is 6.04 Å². The van der Waals surface area contributed by atoms with Gasteiger partial charge in [-0.25, -0.2) is 0 Å². The monoisotopic (exact) mass is 362 g/mol. The number of carbonyl (C=O) groups is 1. The van der Waals surface area contributed by atoms with Crippen molar-refractivity contribution in [2.24, 2.45) is 11.3 Å². The third-order valence-electron chi connectivity index (χ3n) is 6.43. The Labute approximate surface area is 162 Å². The molecule has 0 bridgehead atoms. The van der Waals surface area contributed by atoms with E-state index in [0.717, 1.165) is 51.6 Å². The molecule has 0 radical (unpaired) electrons. The molecule has 2 aromatic carbocycles. The molecule has 2 aliphatic rings. The molecule has 2 aromatic rings. The minimum Gasteiger partial charge on any atom is -0.349 e. The van der Waals surface area contributed by atoms with Crippen LogP contribution in [0.3, 0.4) is 0 Å². The molecular weight excluding hydrogens is 332 g/mol. The number of hydrogen-bond donors (Lipinski definition) is 2. The third-order valence-corrected chi connectivity index (χ3v) is 6.43. The number of piperidine rings is 1. The highest BCUT2D eigenvalue weighted by Crippen LogP contribution is 2.58. The fourth-order valence-corrected chi connectivity index (χ4v) is 4.63. The van der Waals surface area contributed by atoms with E-state index >= 15 is 0 Å². The van der Waals surface area contributed by atoms with Crippen molar-refractivity contribution in [2.45, 2.75) is 44.6 Å². The zero-order valence-corrected chi connectivity index (χ0v) is 16.0. The van der Waals surface area contributed by atoms with E-state index in [-0.39, 0.29) is 17.9 Å². The van der Waals surface area contributed by atoms with Gasteiger partial charge in [0, 0.05) is 5.92 Å². The number of rotatable bonds is 7. The molecule has 2 atom stereocenters. The quantitative estimate of drug-likeness (QED) is 0.773. The first kappa shape index (κ1) is 18.2. The molecule has 1 saturated carbocycles. The number of benzene rings is 2. The van der Waals surface area contributed by atoms with Crippen LogP contribution in [0.1, 0.15) is 49.3 Å². The lowest BCUT2D eigenvalue weighted by Crippen LogP contribution is -2.35. The fraction of sp³-hybridized carbons (Fsp3) is 0.458. The van der Waals surface area contributed by atoms with Crippen LogP contribution in [0, 0.1) is 11.3 Å². The van der Waals surface area contributed by atoms with Crippen LogP contribution in [-0.4, -0.2) is 19.0 Å². The zero-order valence-electron chi connectivity index (χ0n) is 16.0. The summed E-state index contributed by atoms with van der Waals surface area (Å²) in [4.78, 5) is 13.0. The molecule has 2 unspecified atom stereocenters. The minimum atomic E-state index is 0.113. The third kappa shape index (κ3) is 4.41. The maximum Gasteiger partial charge on any atom is 0.224 e. The van der Waals surface area contributed by atoms with Gasteiger partial charge in [0.2, 0.25) is 5.91 Å². The predicted molar refractivity (Wildman–Crippen MR) is 109 cm³/mol. The van der Waals surface area contributed by atoms with Crippen LogP contribution in [0.25, 0.3) is 0 Å². The molecule has 2 N–H and O–H groups in total. The van der Waals surface area contributed by atoms with Gasteiger partial charge in [0.15, 0.2) is 0 Å². The van der Waals surface area contributed by atoms with E-state index < -0.39 is 0 Å². The Morgan fingerprint density at radius 2 is 1.70 bits per heavy atom. The van der Waals surface area contributed by atoms with Crippen molar-refractivity contribution in [3.05, 3.63) is 71.8 Å². The van der Waals surface area contributed by atoms with Gasteiger partial charge >= 0.3 is 0 Å². The molecule has 1 heterocycles. The van der Waals surface area contributed by atoms with Crippen molar-refractivity contribution in [3.8, 4) is 0 Å². The number of nitrogens with one attached hydrogen (secondary N) is 2. The van der Waals surface area contributed by atoms with Gasteiger partial charge in [-0.15, -0.1) is 0 Å². The van der Waals surface area contributed by atoms with Crippen LogP contribution in [0.2, 0.25) is 0 Å². The van der Waals surface area contributed by atoms with Crippen LogP contribution in [0.15, 0.2) is 60.7 Å². The van der Waals surface area contributed by atoms with Gasteiger partial charge < -0.3 is 10.6 Å². The van der Waals surface area contributed by atoms with Crippen molar-refractivity contribution in [2.75, 3.05) is 13.1 Å². The molecule has 1 amide bonds. The molecule has 3 nitrogen and oxygen atoms in total. The molecule has 1 aliphatic heterocycles. The predicted octanol–water partition coefficient (Wildman–Crippen LogP) is 4.26. The smallest absolute Gasteiger partial charge is 0.224 e. The second-order valence-electron chi connectivity index (χ2n) is 8.22. The van der Waals surface area contributed by atoms with Crippen LogP contribution in [0.4, 0.5) is 0 Å². The second-order valence-corrected chi connectivity index (χ2v) is 8.22. The Morgan fingerprint density at radius 1 is 1.04 bits per heavy atom. The van der Waals surface area contributed by atoms with E-state index in [0.29, 0.717) is 5.41 Å². The van der Waals surface area contributed by atoms with Gasteiger partial charge in [0.1, 0.15) is 0 Å². The average molecular weight is 363 g/mol. The van der Waals surface area contributed by atoms with Crippen molar-refractivity contribution >= 4 is 5.91 Å². The standard InChI is InChI=1S/C24H30N2O/c27-23(21-18-24(21)14-16-25-17-15-24)26-22(20-11-5-2-6-12-20)13-7-10-19-8-3-1-4-9-19/h1-6,8-9,11-12,21-22,25H,7,10,13-18H2,(H,26,27). The van der Waals surface area contributed by atoms with Gasteiger partial charge in [-0.2, -0.15) is 0 Å². The number of amides is 1. The van der Waals surface area contributed by atoms with Crippen molar-refractivity contribution < 1.29 is 4.79 Å². The molecule has 1 aliphatic carbocycles. The summed E-state index contributed by atoms with van der Waals surface area (Å²) in [6.07, 6.45) is 6.48. The number of hydrogen-bond acceptors (Lipinski definition) is 2. The van der Waals surface area contributed by atoms with E-state index in [1.54, 1.807) is 0 Å². The Hall–Kier alpha value is -2.13. The van der Waals surface area contributed by atoms with E-state index in [2.05, 4.69) is 65.2 Å². The largest absolute Gasteiger partial charge is 0.349 e. The van der Waals surface area contributed by atoms with Crippen LogP contribution in [0.5, 0.6) is 0 Å². The zero-order chi connectivity index (χ0) is 18.5. The first-order valence-electron chi connectivity index (χ1n) is 10.4. The van der Waals surface area contributed by atoms with E-state index in [4.69, 9.17) is 0 Å². The summed E-state index contributed by atoms with van der Waals surface area (Å²) >= 11 is 0. The first-order chi connectivity index (χ1) is 13.3. The van der Waals surface area contributed by atoms with Gasteiger partial charge in [0.25, 0.3) is 0 Å². The Bertz CT molecular complexity index is 737. The summed E-state index contributed by atoms with van der Waals surface area (Å²) in [6.45, 7) is 2.12. The first-order valence-corrected chi connectivity index (χ1v) is 10.4. The average Bonchev–Trinajstić information content (AvgIpc) is 3.42. The van der Waals surface area contributed by atoms with Crippen molar-refractivity contribution in [1.29, 1.82) is 0 Å². The lowest BCUT2D eigenvalue weighted by molar-refractivity contribution is -0.124. The molecule has 142 valence electrons.